The molecule has 9 nitrogen and oxygen atoms in total. The Morgan fingerprint density at radius 3 is 2.67 bits per heavy atom. The molecule has 0 saturated heterocycles. The molecule has 0 amide bonds. The summed E-state index contributed by atoms with van der Waals surface area (Å²) in [6.07, 6.45) is -2.38. The molecule has 0 aromatic carbocycles. The maximum absolute atomic E-state index is 13.0. The summed E-state index contributed by atoms with van der Waals surface area (Å²) in [5, 5.41) is 11.2. The molecule has 0 fully saturated rings. The standard InChI is InChI=1S/C14H12F3N3O6S/c15-14(16,17)10-3-4-19-6-9(10)12(21)26-13(11(18)20-22)27(23,24)7-8-2-1-5-25-8/h1-6,13,22H,7H2,(H2,18,20). The molecule has 27 heavy (non-hydrogen) atoms. The van der Waals surface area contributed by atoms with Gasteiger partial charge in [0.25, 0.3) is 5.44 Å². The molecule has 0 bridgehead atoms. The first-order chi connectivity index (χ1) is 12.6. The van der Waals surface area contributed by atoms with Crippen LogP contribution in [0.4, 0.5) is 13.2 Å². The van der Waals surface area contributed by atoms with Gasteiger partial charge in [-0.05, 0) is 18.2 Å². The van der Waals surface area contributed by atoms with Crippen molar-refractivity contribution in [2.45, 2.75) is 17.4 Å². The first-order valence-electron chi connectivity index (χ1n) is 7.00. The number of hydrogen-bond acceptors (Lipinski definition) is 8. The third-order valence-corrected chi connectivity index (χ3v) is 4.84. The number of ether oxygens (including phenoxy) is 1. The van der Waals surface area contributed by atoms with E-state index in [9.17, 15) is 26.4 Å². The normalized spacial score (nSPS) is 14.0. The Kier molecular flexibility index (Phi) is 5.73. The van der Waals surface area contributed by atoms with Crippen molar-refractivity contribution in [2.75, 3.05) is 0 Å². The fourth-order valence-corrected chi connectivity index (χ4v) is 3.36. The molecular formula is C14H12F3N3O6S. The number of alkyl halides is 3. The number of esters is 1. The average molecular weight is 407 g/mol. The minimum atomic E-state index is -4.92. The molecule has 146 valence electrons. The molecule has 1 atom stereocenters. The van der Waals surface area contributed by atoms with Gasteiger partial charge in [-0.25, -0.2) is 13.2 Å². The molecule has 0 aliphatic carbocycles. The highest BCUT2D eigenvalue weighted by atomic mass is 32.2. The molecule has 0 saturated carbocycles. The number of carbonyl (C=O) groups excluding carboxylic acids is 1. The molecule has 13 heteroatoms. The zero-order valence-electron chi connectivity index (χ0n) is 13.3. The quantitative estimate of drug-likeness (QED) is 0.241. The summed E-state index contributed by atoms with van der Waals surface area (Å²) in [7, 11) is -4.46. The van der Waals surface area contributed by atoms with Gasteiger partial charge in [-0.15, -0.1) is 0 Å². The molecule has 0 aliphatic rings. The molecule has 2 rings (SSSR count). The number of hydrogen-bond donors (Lipinski definition) is 2. The van der Waals surface area contributed by atoms with E-state index in [-0.39, 0.29) is 5.76 Å². The molecule has 2 aromatic heterocycles. The zero-order chi connectivity index (χ0) is 20.2. The lowest BCUT2D eigenvalue weighted by atomic mass is 10.1. The second-order valence-electron chi connectivity index (χ2n) is 5.07. The second-order valence-corrected chi connectivity index (χ2v) is 7.11. The van der Waals surface area contributed by atoms with E-state index in [2.05, 4.69) is 14.9 Å². The number of furan rings is 1. The number of oxime groups is 1. The molecule has 1 unspecified atom stereocenters. The number of pyridine rings is 1. The second kappa shape index (κ2) is 7.65. The van der Waals surface area contributed by atoms with Gasteiger partial charge in [-0.2, -0.15) is 13.2 Å². The van der Waals surface area contributed by atoms with Gasteiger partial charge >= 0.3 is 12.1 Å². The molecule has 2 heterocycles. The van der Waals surface area contributed by atoms with Crippen LogP contribution in [0.25, 0.3) is 0 Å². The van der Waals surface area contributed by atoms with Gasteiger partial charge in [0.1, 0.15) is 11.5 Å². The lowest BCUT2D eigenvalue weighted by Crippen LogP contribution is -2.41. The Morgan fingerprint density at radius 2 is 2.11 bits per heavy atom. The SMILES string of the molecule is NC(=NO)C(OC(=O)c1cnccc1C(F)(F)F)S(=O)(=O)Cc1ccco1. The topological polar surface area (TPSA) is 145 Å². The Bertz CT molecular complexity index is 941. The lowest BCUT2D eigenvalue weighted by molar-refractivity contribution is -0.138. The van der Waals surface area contributed by atoms with Crippen molar-refractivity contribution in [1.29, 1.82) is 0 Å². The first-order valence-corrected chi connectivity index (χ1v) is 8.71. The highest BCUT2D eigenvalue weighted by Gasteiger charge is 2.39. The van der Waals surface area contributed by atoms with Crippen LogP contribution in [0.3, 0.4) is 0 Å². The third-order valence-electron chi connectivity index (χ3n) is 3.17. The van der Waals surface area contributed by atoms with Gasteiger partial charge in [0.2, 0.25) is 9.84 Å². The Labute approximate surface area is 150 Å². The summed E-state index contributed by atoms with van der Waals surface area (Å²) in [5.74, 6) is -3.59. The van der Waals surface area contributed by atoms with Crippen LogP contribution in [-0.2, 0) is 26.5 Å². The predicted octanol–water partition coefficient (Wildman–Crippen LogP) is 1.54. The van der Waals surface area contributed by atoms with Crippen LogP contribution in [0.5, 0.6) is 0 Å². The fourth-order valence-electron chi connectivity index (χ4n) is 2.00. The van der Waals surface area contributed by atoms with Crippen LogP contribution in [0.1, 0.15) is 21.7 Å². The smallest absolute Gasteiger partial charge is 0.417 e. The molecular weight excluding hydrogens is 395 g/mol. The molecule has 0 spiro atoms. The minimum Gasteiger partial charge on any atom is -0.468 e. The van der Waals surface area contributed by atoms with Crippen molar-refractivity contribution in [2.24, 2.45) is 10.9 Å². The van der Waals surface area contributed by atoms with E-state index in [0.29, 0.717) is 12.3 Å². The van der Waals surface area contributed by atoms with Gasteiger partial charge in [-0.3, -0.25) is 4.98 Å². The van der Waals surface area contributed by atoms with E-state index in [1.54, 1.807) is 0 Å². The van der Waals surface area contributed by atoms with Crippen molar-refractivity contribution < 1.29 is 40.7 Å². The molecule has 2 aromatic rings. The van der Waals surface area contributed by atoms with Gasteiger partial charge in [0.05, 0.1) is 17.4 Å². The number of rotatable bonds is 6. The van der Waals surface area contributed by atoms with Crippen LogP contribution in [-0.4, -0.2) is 35.8 Å². The van der Waals surface area contributed by atoms with E-state index in [1.807, 2.05) is 0 Å². The monoisotopic (exact) mass is 407 g/mol. The number of nitrogens with zero attached hydrogens (tertiary/aromatic N) is 2. The number of aromatic nitrogens is 1. The Balaban J connectivity index is 2.37. The average Bonchev–Trinajstić information content (AvgIpc) is 3.10. The predicted molar refractivity (Wildman–Crippen MR) is 83.2 cm³/mol. The summed E-state index contributed by atoms with van der Waals surface area (Å²) in [6.45, 7) is 0. The number of nitrogens with two attached hydrogens (primary N) is 1. The van der Waals surface area contributed by atoms with Crippen molar-refractivity contribution in [3.8, 4) is 0 Å². The van der Waals surface area contributed by atoms with Crippen LogP contribution >= 0.6 is 0 Å². The Morgan fingerprint density at radius 1 is 1.41 bits per heavy atom. The van der Waals surface area contributed by atoms with E-state index >= 15 is 0 Å². The van der Waals surface area contributed by atoms with E-state index in [0.717, 1.165) is 6.20 Å². The number of halogens is 3. The van der Waals surface area contributed by atoms with Crippen LogP contribution in [0.15, 0.2) is 46.4 Å². The molecule has 3 N–H and O–H groups in total. The van der Waals surface area contributed by atoms with E-state index in [1.165, 1.54) is 18.4 Å². The van der Waals surface area contributed by atoms with Gasteiger partial charge in [-0.1, -0.05) is 5.16 Å². The zero-order valence-corrected chi connectivity index (χ0v) is 14.1. The summed E-state index contributed by atoms with van der Waals surface area (Å²) >= 11 is 0. The van der Waals surface area contributed by atoms with Crippen molar-refractivity contribution in [3.63, 3.8) is 0 Å². The maximum atomic E-state index is 13.0. The highest BCUT2D eigenvalue weighted by Crippen LogP contribution is 2.32. The summed E-state index contributed by atoms with van der Waals surface area (Å²) in [4.78, 5) is 15.5. The molecule has 0 radical (unpaired) electrons. The fraction of sp³-hybridized carbons (Fsp3) is 0.214. The summed E-state index contributed by atoms with van der Waals surface area (Å²) in [6, 6.07) is 3.21. The van der Waals surface area contributed by atoms with Crippen molar-refractivity contribution >= 4 is 21.6 Å². The van der Waals surface area contributed by atoms with Gasteiger partial charge in [0.15, 0.2) is 5.84 Å². The minimum absolute atomic E-state index is 0.0563. The number of amidine groups is 1. The summed E-state index contributed by atoms with van der Waals surface area (Å²) in [5.41, 5.74) is 0.493. The van der Waals surface area contributed by atoms with Crippen LogP contribution in [0, 0.1) is 0 Å². The van der Waals surface area contributed by atoms with Crippen LogP contribution in [0.2, 0.25) is 0 Å². The number of carbonyl (C=O) groups is 1. The van der Waals surface area contributed by atoms with Crippen molar-refractivity contribution in [1.82, 2.24) is 4.98 Å². The maximum Gasteiger partial charge on any atom is 0.417 e. The largest absolute Gasteiger partial charge is 0.468 e. The number of sulfone groups is 1. The van der Waals surface area contributed by atoms with Gasteiger partial charge < -0.3 is 20.1 Å². The third kappa shape index (κ3) is 4.75. The summed E-state index contributed by atoms with van der Waals surface area (Å²) < 4.78 is 73.3. The molecule has 0 aliphatic heterocycles. The first kappa shape index (κ1) is 20.2. The van der Waals surface area contributed by atoms with E-state index < -0.39 is 50.1 Å². The Hall–Kier alpha value is -3.09. The van der Waals surface area contributed by atoms with Crippen molar-refractivity contribution in [3.05, 3.63) is 53.7 Å². The van der Waals surface area contributed by atoms with E-state index in [4.69, 9.17) is 15.4 Å². The lowest BCUT2D eigenvalue weighted by Gasteiger charge is -2.18. The highest BCUT2D eigenvalue weighted by molar-refractivity contribution is 7.91. The van der Waals surface area contributed by atoms with Crippen LogP contribution < -0.4 is 5.73 Å². The van der Waals surface area contributed by atoms with Gasteiger partial charge in [0, 0.05) is 12.4 Å².